The van der Waals surface area contributed by atoms with Crippen LogP contribution in [-0.4, -0.2) is 5.91 Å². The Bertz CT molecular complexity index is 616. The minimum absolute atomic E-state index is 0.0316. The summed E-state index contributed by atoms with van der Waals surface area (Å²) in [6.45, 7) is -0.0316. The van der Waals surface area contributed by atoms with E-state index < -0.39 is 17.5 Å². The third-order valence-corrected chi connectivity index (χ3v) is 2.90. The van der Waals surface area contributed by atoms with E-state index in [2.05, 4.69) is 5.32 Å². The molecule has 2 nitrogen and oxygen atoms in total. The highest BCUT2D eigenvalue weighted by molar-refractivity contribution is 6.33. The van der Waals surface area contributed by atoms with Crippen molar-refractivity contribution in [1.82, 2.24) is 5.32 Å². The second-order valence-electron chi connectivity index (χ2n) is 3.90. The van der Waals surface area contributed by atoms with E-state index in [9.17, 15) is 13.6 Å². The second-order valence-corrected chi connectivity index (χ2v) is 4.31. The average Bonchev–Trinajstić information content (AvgIpc) is 2.38. The van der Waals surface area contributed by atoms with E-state index in [1.165, 1.54) is 6.07 Å². The fraction of sp³-hybridized carbons (Fsp3) is 0.0714. The molecule has 2 rings (SSSR count). The zero-order chi connectivity index (χ0) is 13.8. The Kier molecular flexibility index (Phi) is 4.12. The molecule has 5 heteroatoms. The van der Waals surface area contributed by atoms with Gasteiger partial charge in [-0.2, -0.15) is 0 Å². The maximum atomic E-state index is 13.4. The molecule has 0 radical (unpaired) electrons. The number of amides is 1. The molecule has 0 heterocycles. The summed E-state index contributed by atoms with van der Waals surface area (Å²) < 4.78 is 26.1. The molecule has 0 aromatic heterocycles. The van der Waals surface area contributed by atoms with Gasteiger partial charge < -0.3 is 5.32 Å². The Morgan fingerprint density at radius 3 is 2.58 bits per heavy atom. The quantitative estimate of drug-likeness (QED) is 0.916. The van der Waals surface area contributed by atoms with Gasteiger partial charge in [0.25, 0.3) is 5.91 Å². The summed E-state index contributed by atoms with van der Waals surface area (Å²) >= 11 is 5.87. The molecule has 0 bridgehead atoms. The maximum Gasteiger partial charge on any atom is 0.253 e. The van der Waals surface area contributed by atoms with Crippen LogP contribution in [0.2, 0.25) is 5.02 Å². The van der Waals surface area contributed by atoms with Crippen LogP contribution in [0.5, 0.6) is 0 Å². The lowest BCUT2D eigenvalue weighted by Crippen LogP contribution is -2.23. The van der Waals surface area contributed by atoms with Crippen LogP contribution >= 0.6 is 11.6 Å². The van der Waals surface area contributed by atoms with Crippen molar-refractivity contribution in [2.24, 2.45) is 0 Å². The lowest BCUT2D eigenvalue weighted by atomic mass is 10.2. The summed E-state index contributed by atoms with van der Waals surface area (Å²) in [5, 5.41) is 2.85. The molecule has 0 aliphatic rings. The van der Waals surface area contributed by atoms with Gasteiger partial charge in [0, 0.05) is 18.2 Å². The van der Waals surface area contributed by atoms with Crippen LogP contribution < -0.4 is 5.32 Å². The van der Waals surface area contributed by atoms with Gasteiger partial charge in [0.05, 0.1) is 10.6 Å². The Morgan fingerprint density at radius 1 is 1.16 bits per heavy atom. The van der Waals surface area contributed by atoms with E-state index in [0.717, 1.165) is 12.1 Å². The van der Waals surface area contributed by atoms with Crippen LogP contribution in [0.25, 0.3) is 0 Å². The van der Waals surface area contributed by atoms with Gasteiger partial charge in [0.15, 0.2) is 0 Å². The standard InChI is InChI=1S/C14H10ClF2NO/c15-12-4-2-1-3-11(12)14(19)18-8-9-5-6-10(16)7-13(9)17/h1-7H,8H2,(H,18,19). The number of nitrogens with one attached hydrogen (secondary N) is 1. The van der Waals surface area contributed by atoms with E-state index in [1.54, 1.807) is 24.3 Å². The van der Waals surface area contributed by atoms with Crippen molar-refractivity contribution >= 4 is 17.5 Å². The molecule has 1 N–H and O–H groups in total. The molecule has 0 spiro atoms. The zero-order valence-electron chi connectivity index (χ0n) is 9.79. The summed E-state index contributed by atoms with van der Waals surface area (Å²) in [5.41, 5.74) is 0.522. The summed E-state index contributed by atoms with van der Waals surface area (Å²) in [4.78, 5) is 11.8. The zero-order valence-corrected chi connectivity index (χ0v) is 10.5. The van der Waals surface area contributed by atoms with Gasteiger partial charge in [-0.05, 0) is 18.2 Å². The number of benzene rings is 2. The molecule has 98 valence electrons. The number of hydrogen-bond donors (Lipinski definition) is 1. The Labute approximate surface area is 114 Å². The normalized spacial score (nSPS) is 10.3. The van der Waals surface area contributed by atoms with E-state index in [4.69, 9.17) is 11.6 Å². The van der Waals surface area contributed by atoms with Gasteiger partial charge in [-0.15, -0.1) is 0 Å². The van der Waals surface area contributed by atoms with Crippen LogP contribution in [0.4, 0.5) is 8.78 Å². The van der Waals surface area contributed by atoms with Crippen molar-refractivity contribution in [2.45, 2.75) is 6.54 Å². The first-order valence-corrected chi connectivity index (χ1v) is 5.92. The Morgan fingerprint density at radius 2 is 1.89 bits per heavy atom. The van der Waals surface area contributed by atoms with Crippen molar-refractivity contribution in [1.29, 1.82) is 0 Å². The third kappa shape index (κ3) is 3.29. The van der Waals surface area contributed by atoms with Crippen molar-refractivity contribution in [3.63, 3.8) is 0 Å². The van der Waals surface area contributed by atoms with Gasteiger partial charge in [-0.25, -0.2) is 8.78 Å². The van der Waals surface area contributed by atoms with Gasteiger partial charge in [-0.1, -0.05) is 29.8 Å². The van der Waals surface area contributed by atoms with E-state index >= 15 is 0 Å². The highest BCUT2D eigenvalue weighted by Crippen LogP contribution is 2.15. The van der Waals surface area contributed by atoms with Crippen molar-refractivity contribution in [3.05, 3.63) is 70.2 Å². The fourth-order valence-corrected chi connectivity index (χ4v) is 1.80. The monoisotopic (exact) mass is 281 g/mol. The van der Waals surface area contributed by atoms with Crippen LogP contribution in [0.15, 0.2) is 42.5 Å². The molecule has 0 aliphatic heterocycles. The summed E-state index contributed by atoms with van der Waals surface area (Å²) in [6, 6.07) is 9.75. The predicted octanol–water partition coefficient (Wildman–Crippen LogP) is 3.55. The molecule has 19 heavy (non-hydrogen) atoms. The summed E-state index contributed by atoms with van der Waals surface area (Å²) in [5.74, 6) is -1.76. The first-order chi connectivity index (χ1) is 9.08. The van der Waals surface area contributed by atoms with Crippen molar-refractivity contribution < 1.29 is 13.6 Å². The highest BCUT2D eigenvalue weighted by atomic mass is 35.5. The predicted molar refractivity (Wildman–Crippen MR) is 69.0 cm³/mol. The molecule has 0 fully saturated rings. The number of rotatable bonds is 3. The first kappa shape index (κ1) is 13.5. The molecule has 0 atom stereocenters. The van der Waals surface area contributed by atoms with Gasteiger partial charge >= 0.3 is 0 Å². The largest absolute Gasteiger partial charge is 0.348 e. The average molecular weight is 282 g/mol. The van der Waals surface area contributed by atoms with Crippen LogP contribution in [0, 0.1) is 11.6 Å². The lowest BCUT2D eigenvalue weighted by molar-refractivity contribution is 0.0951. The van der Waals surface area contributed by atoms with Crippen LogP contribution in [-0.2, 0) is 6.54 Å². The van der Waals surface area contributed by atoms with E-state index in [0.29, 0.717) is 10.6 Å². The molecular weight excluding hydrogens is 272 g/mol. The molecule has 0 unspecified atom stereocenters. The smallest absolute Gasteiger partial charge is 0.253 e. The number of hydrogen-bond acceptors (Lipinski definition) is 1. The molecule has 0 aliphatic carbocycles. The lowest BCUT2D eigenvalue weighted by Gasteiger charge is -2.07. The maximum absolute atomic E-state index is 13.4. The number of halogens is 3. The topological polar surface area (TPSA) is 29.1 Å². The Hall–Kier alpha value is -1.94. The number of carbonyl (C=O) groups excluding carboxylic acids is 1. The van der Waals surface area contributed by atoms with E-state index in [1.807, 2.05) is 0 Å². The molecule has 0 saturated heterocycles. The van der Waals surface area contributed by atoms with Gasteiger partial charge in [0.2, 0.25) is 0 Å². The first-order valence-electron chi connectivity index (χ1n) is 5.54. The fourth-order valence-electron chi connectivity index (χ4n) is 1.58. The van der Waals surface area contributed by atoms with Crippen LogP contribution in [0.3, 0.4) is 0 Å². The molecule has 2 aromatic carbocycles. The Balaban J connectivity index is 2.07. The molecule has 1 amide bonds. The van der Waals surface area contributed by atoms with Gasteiger partial charge in [0.1, 0.15) is 11.6 Å². The minimum Gasteiger partial charge on any atom is -0.348 e. The molecule has 0 saturated carbocycles. The van der Waals surface area contributed by atoms with E-state index in [-0.39, 0.29) is 12.1 Å². The molecular formula is C14H10ClF2NO. The summed E-state index contributed by atoms with van der Waals surface area (Å²) in [7, 11) is 0. The third-order valence-electron chi connectivity index (χ3n) is 2.57. The minimum atomic E-state index is -0.695. The van der Waals surface area contributed by atoms with Crippen molar-refractivity contribution in [3.8, 4) is 0 Å². The van der Waals surface area contributed by atoms with Crippen LogP contribution in [0.1, 0.15) is 15.9 Å². The number of carbonyl (C=O) groups is 1. The highest BCUT2D eigenvalue weighted by Gasteiger charge is 2.10. The SMILES string of the molecule is O=C(NCc1ccc(F)cc1F)c1ccccc1Cl. The second kappa shape index (κ2) is 5.80. The summed E-state index contributed by atoms with van der Waals surface area (Å²) in [6.07, 6.45) is 0. The van der Waals surface area contributed by atoms with Crippen molar-refractivity contribution in [2.75, 3.05) is 0 Å². The molecule has 2 aromatic rings. The van der Waals surface area contributed by atoms with Gasteiger partial charge in [-0.3, -0.25) is 4.79 Å².